The van der Waals surface area contributed by atoms with Gasteiger partial charge >= 0.3 is 12.1 Å². The first-order chi connectivity index (χ1) is 14.6. The molecule has 1 aromatic rings. The van der Waals surface area contributed by atoms with E-state index in [1.807, 2.05) is 0 Å². The lowest BCUT2D eigenvalue weighted by molar-refractivity contribution is -0.158. The van der Waals surface area contributed by atoms with Crippen LogP contribution in [0.4, 0.5) is 4.79 Å². The van der Waals surface area contributed by atoms with Crippen molar-refractivity contribution in [2.24, 2.45) is 5.92 Å². The van der Waals surface area contributed by atoms with Crippen LogP contribution < -0.4 is 5.32 Å². The van der Waals surface area contributed by atoms with E-state index in [1.165, 1.54) is 18.9 Å². The Hall–Kier alpha value is -2.61. The number of carbonyl (C=O) groups is 4. The monoisotopic (exact) mass is 452 g/mol. The van der Waals surface area contributed by atoms with Crippen molar-refractivity contribution in [1.82, 2.24) is 10.2 Å². The Morgan fingerprint density at radius 3 is 2.45 bits per heavy atom. The zero-order valence-corrected chi connectivity index (χ0v) is 19.0. The van der Waals surface area contributed by atoms with E-state index in [0.29, 0.717) is 23.4 Å². The molecule has 2 atom stereocenters. The van der Waals surface area contributed by atoms with Crippen LogP contribution in [0, 0.1) is 5.92 Å². The Labute approximate surface area is 187 Å². The highest BCUT2D eigenvalue weighted by Crippen LogP contribution is 2.42. The first-order valence-electron chi connectivity index (χ1n) is 10.2. The molecular formula is C22H29ClN2O6. The predicted molar refractivity (Wildman–Crippen MR) is 114 cm³/mol. The smallest absolute Gasteiger partial charge is 0.413 e. The number of ether oxygens (including phenoxy) is 2. The molecule has 1 saturated carbocycles. The summed E-state index contributed by atoms with van der Waals surface area (Å²) >= 11 is 6.38. The van der Waals surface area contributed by atoms with Crippen molar-refractivity contribution in [3.05, 3.63) is 34.9 Å². The molecule has 31 heavy (non-hydrogen) atoms. The van der Waals surface area contributed by atoms with Gasteiger partial charge in [0, 0.05) is 31.0 Å². The minimum absolute atomic E-state index is 0.117. The maximum Gasteiger partial charge on any atom is 0.413 e. The highest BCUT2D eigenvalue weighted by atomic mass is 35.5. The summed E-state index contributed by atoms with van der Waals surface area (Å²) in [5, 5.41) is 2.90. The standard InChI is InChI=1S/C22H29ClN2O6/c1-14(2)19(24-15(3)26)20(28)30-13-31-21(29)25(4)22(12-8-7-11-18(22)27)16-9-5-6-10-17(16)23/h5-6,9-10,14,19H,7-8,11-13H2,1-4H3,(H,24,26)/t19-,22-/m0/s1. The van der Waals surface area contributed by atoms with Crippen LogP contribution in [0.25, 0.3) is 0 Å². The van der Waals surface area contributed by atoms with Gasteiger partial charge in [-0.25, -0.2) is 9.59 Å². The van der Waals surface area contributed by atoms with E-state index in [-0.39, 0.29) is 17.6 Å². The van der Waals surface area contributed by atoms with Crippen LogP contribution in [0.5, 0.6) is 0 Å². The van der Waals surface area contributed by atoms with Gasteiger partial charge in [0.25, 0.3) is 0 Å². The lowest BCUT2D eigenvalue weighted by Gasteiger charge is -2.43. The van der Waals surface area contributed by atoms with Crippen molar-refractivity contribution in [3.63, 3.8) is 0 Å². The number of nitrogens with one attached hydrogen (secondary N) is 1. The molecule has 0 aromatic heterocycles. The highest BCUT2D eigenvalue weighted by molar-refractivity contribution is 6.31. The molecule has 8 nitrogen and oxygen atoms in total. The maximum absolute atomic E-state index is 13.0. The van der Waals surface area contributed by atoms with E-state index < -0.39 is 30.4 Å². The first-order valence-corrected chi connectivity index (χ1v) is 10.6. The van der Waals surface area contributed by atoms with Crippen molar-refractivity contribution >= 4 is 35.4 Å². The van der Waals surface area contributed by atoms with Gasteiger partial charge in [-0.3, -0.25) is 14.5 Å². The fraction of sp³-hybridized carbons (Fsp3) is 0.545. The average Bonchev–Trinajstić information content (AvgIpc) is 2.72. The number of ketones is 1. The number of carbonyl (C=O) groups excluding carboxylic acids is 4. The van der Waals surface area contributed by atoms with Crippen molar-refractivity contribution in [2.75, 3.05) is 13.8 Å². The second-order valence-corrected chi connectivity index (χ2v) is 8.35. The molecule has 0 radical (unpaired) electrons. The lowest BCUT2D eigenvalue weighted by atomic mass is 9.74. The van der Waals surface area contributed by atoms with Gasteiger partial charge in [0.2, 0.25) is 12.7 Å². The van der Waals surface area contributed by atoms with Gasteiger partial charge in [0.05, 0.1) is 0 Å². The molecule has 2 rings (SSSR count). The third kappa shape index (κ3) is 5.55. The van der Waals surface area contributed by atoms with E-state index in [9.17, 15) is 19.2 Å². The molecule has 0 heterocycles. The number of esters is 1. The van der Waals surface area contributed by atoms with Crippen LogP contribution in [-0.4, -0.2) is 48.5 Å². The first kappa shape index (κ1) is 24.7. The van der Waals surface area contributed by atoms with E-state index in [4.69, 9.17) is 21.1 Å². The number of Topliss-reactive ketones (excluding diaryl/α,β-unsaturated/α-hetero) is 1. The molecule has 1 aromatic carbocycles. The van der Waals surface area contributed by atoms with Gasteiger partial charge in [-0.1, -0.05) is 43.6 Å². The number of rotatable bonds is 7. The molecule has 2 amide bonds. The van der Waals surface area contributed by atoms with Crippen molar-refractivity contribution in [3.8, 4) is 0 Å². The number of halogens is 1. The molecule has 0 aliphatic heterocycles. The number of nitrogens with zero attached hydrogens (tertiary/aromatic N) is 1. The second-order valence-electron chi connectivity index (χ2n) is 7.94. The summed E-state index contributed by atoms with van der Waals surface area (Å²) in [6, 6.07) is 6.07. The number of hydrogen-bond donors (Lipinski definition) is 1. The Morgan fingerprint density at radius 1 is 1.19 bits per heavy atom. The van der Waals surface area contributed by atoms with Crippen molar-refractivity contribution < 1.29 is 28.7 Å². The molecule has 0 bridgehead atoms. The van der Waals surface area contributed by atoms with Crippen LogP contribution in [0.1, 0.15) is 52.0 Å². The summed E-state index contributed by atoms with van der Waals surface area (Å²) in [7, 11) is 1.48. The van der Waals surface area contributed by atoms with E-state index in [0.717, 1.165) is 12.8 Å². The minimum atomic E-state index is -1.24. The summed E-state index contributed by atoms with van der Waals surface area (Å²) in [5.74, 6) is -1.41. The van der Waals surface area contributed by atoms with Gasteiger partial charge in [0.15, 0.2) is 5.78 Å². The predicted octanol–water partition coefficient (Wildman–Crippen LogP) is 3.41. The molecule has 0 spiro atoms. The third-order valence-electron chi connectivity index (χ3n) is 5.48. The van der Waals surface area contributed by atoms with Gasteiger partial charge in [-0.2, -0.15) is 0 Å². The van der Waals surface area contributed by atoms with Gasteiger partial charge in [-0.05, 0) is 31.2 Å². The Balaban J connectivity index is 2.12. The van der Waals surface area contributed by atoms with Crippen LogP contribution in [0.2, 0.25) is 5.02 Å². The van der Waals surface area contributed by atoms with Crippen molar-refractivity contribution in [2.45, 2.75) is 58.0 Å². The SMILES string of the molecule is CC(=O)N[C@H](C(=O)OCOC(=O)N(C)[C@]1(c2ccccc2Cl)CCCCC1=O)C(C)C. The zero-order valence-electron chi connectivity index (χ0n) is 18.3. The molecule has 1 fully saturated rings. The summed E-state index contributed by atoms with van der Waals surface area (Å²) in [6.07, 6.45) is 1.41. The summed E-state index contributed by atoms with van der Waals surface area (Å²) in [6.45, 7) is 4.16. The molecule has 1 aliphatic rings. The van der Waals surface area contributed by atoms with Crippen LogP contribution in [0.3, 0.4) is 0 Å². The van der Waals surface area contributed by atoms with Gasteiger partial charge in [-0.15, -0.1) is 0 Å². The summed E-state index contributed by atoms with van der Waals surface area (Å²) < 4.78 is 10.2. The third-order valence-corrected chi connectivity index (χ3v) is 5.81. The lowest BCUT2D eigenvalue weighted by Crippen LogP contribution is -2.54. The van der Waals surface area contributed by atoms with Crippen LogP contribution >= 0.6 is 11.6 Å². The topological polar surface area (TPSA) is 102 Å². The Kier molecular flexibility index (Phi) is 8.44. The Bertz CT molecular complexity index is 843. The fourth-order valence-electron chi connectivity index (χ4n) is 3.83. The molecule has 1 N–H and O–H groups in total. The van der Waals surface area contributed by atoms with Gasteiger partial charge in [0.1, 0.15) is 11.6 Å². The number of likely N-dealkylation sites (N-methyl/N-ethyl adjacent to an activating group) is 1. The maximum atomic E-state index is 13.0. The molecule has 0 saturated heterocycles. The van der Waals surface area contributed by atoms with E-state index >= 15 is 0 Å². The largest absolute Gasteiger partial charge is 0.426 e. The highest BCUT2D eigenvalue weighted by Gasteiger charge is 2.48. The number of hydrogen-bond acceptors (Lipinski definition) is 6. The zero-order chi connectivity index (χ0) is 23.2. The molecular weight excluding hydrogens is 424 g/mol. The molecule has 1 aliphatic carbocycles. The second kappa shape index (κ2) is 10.6. The normalized spacial score (nSPS) is 19.5. The van der Waals surface area contributed by atoms with Gasteiger partial charge < -0.3 is 14.8 Å². The number of benzene rings is 1. The summed E-state index contributed by atoms with van der Waals surface area (Å²) in [5.41, 5.74) is -0.697. The quantitative estimate of drug-likeness (QED) is 0.502. The molecule has 0 unspecified atom stereocenters. The average molecular weight is 453 g/mol. The minimum Gasteiger partial charge on any atom is -0.426 e. The van der Waals surface area contributed by atoms with Crippen LogP contribution in [0.15, 0.2) is 24.3 Å². The Morgan fingerprint density at radius 2 is 1.87 bits per heavy atom. The van der Waals surface area contributed by atoms with Crippen LogP contribution in [-0.2, 0) is 29.4 Å². The van der Waals surface area contributed by atoms with Crippen molar-refractivity contribution in [1.29, 1.82) is 0 Å². The van der Waals surface area contributed by atoms with E-state index in [2.05, 4.69) is 5.32 Å². The number of amides is 2. The molecule has 9 heteroatoms. The summed E-state index contributed by atoms with van der Waals surface area (Å²) in [4.78, 5) is 50.6. The molecule has 170 valence electrons. The fourth-order valence-corrected chi connectivity index (χ4v) is 4.12. The van der Waals surface area contributed by atoms with E-state index in [1.54, 1.807) is 38.1 Å².